The predicted octanol–water partition coefficient (Wildman–Crippen LogP) is 1.18. The monoisotopic (exact) mass is 292 g/mol. The molecular formula is C5H4F3IN2O. The van der Waals surface area contributed by atoms with E-state index in [2.05, 4.69) is 5.10 Å². The van der Waals surface area contributed by atoms with Crippen LogP contribution in [-0.4, -0.2) is 33.8 Å². The summed E-state index contributed by atoms with van der Waals surface area (Å²) in [6, 6.07) is 0. The molecular weight excluding hydrogens is 288 g/mol. The summed E-state index contributed by atoms with van der Waals surface area (Å²) in [5.41, 5.74) is -0.0621. The molecule has 0 amide bonds. The lowest BCUT2D eigenvalue weighted by molar-refractivity contribution is -0.241. The van der Waals surface area contributed by atoms with Crippen molar-refractivity contribution >= 4 is 34.6 Å². The summed E-state index contributed by atoms with van der Waals surface area (Å²) in [7, 11) is 0. The number of halogens is 4. The number of rotatable bonds is 1. The maximum Gasteiger partial charge on any atom is 0.500 e. The molecule has 12 heavy (non-hydrogen) atoms. The Bertz CT molecular complexity index is 227. The van der Waals surface area contributed by atoms with Crippen molar-refractivity contribution in [1.82, 2.24) is 5.01 Å². The van der Waals surface area contributed by atoms with Crippen LogP contribution in [0.1, 0.15) is 0 Å². The van der Waals surface area contributed by atoms with Crippen LogP contribution in [0.3, 0.4) is 0 Å². The van der Waals surface area contributed by atoms with Crippen molar-refractivity contribution in [3.63, 3.8) is 0 Å². The van der Waals surface area contributed by atoms with Crippen LogP contribution in [0.15, 0.2) is 5.10 Å². The summed E-state index contributed by atoms with van der Waals surface area (Å²) in [6.07, 6.45) is -4.13. The van der Waals surface area contributed by atoms with Crippen LogP contribution in [0.25, 0.3) is 0 Å². The highest BCUT2D eigenvalue weighted by atomic mass is 127. The van der Waals surface area contributed by atoms with Gasteiger partial charge in [-0.25, -0.2) is 5.01 Å². The molecule has 1 heterocycles. The third-order valence-corrected chi connectivity index (χ3v) is 2.34. The number of alkyl halides is 4. The summed E-state index contributed by atoms with van der Waals surface area (Å²) < 4.78 is 35.4. The zero-order valence-corrected chi connectivity index (χ0v) is 7.83. The van der Waals surface area contributed by atoms with Crippen molar-refractivity contribution < 1.29 is 18.0 Å². The van der Waals surface area contributed by atoms with E-state index in [1.54, 1.807) is 22.6 Å². The van der Waals surface area contributed by atoms with Crippen LogP contribution in [0.5, 0.6) is 0 Å². The van der Waals surface area contributed by atoms with E-state index in [-0.39, 0.29) is 17.3 Å². The van der Waals surface area contributed by atoms with Gasteiger partial charge in [-0.3, -0.25) is 4.79 Å². The maximum absolute atomic E-state index is 11.9. The number of carbonyl (C=O) groups excluding carboxylic acids is 1. The zero-order chi connectivity index (χ0) is 9.35. The van der Waals surface area contributed by atoms with E-state index in [0.29, 0.717) is 6.29 Å². The first-order chi connectivity index (χ1) is 5.45. The van der Waals surface area contributed by atoms with Gasteiger partial charge < -0.3 is 0 Å². The molecule has 1 rings (SSSR count). The third-order valence-electron chi connectivity index (χ3n) is 1.30. The first-order valence-electron chi connectivity index (χ1n) is 2.97. The molecule has 0 aliphatic carbocycles. The fourth-order valence-corrected chi connectivity index (χ4v) is 1.39. The minimum Gasteiger partial charge on any atom is -0.296 e. The normalized spacial score (nSPS) is 24.2. The van der Waals surface area contributed by atoms with Crippen molar-refractivity contribution in [3.05, 3.63) is 0 Å². The molecule has 0 radical (unpaired) electrons. The second kappa shape index (κ2) is 3.19. The maximum atomic E-state index is 11.9. The molecule has 0 N–H and O–H groups in total. The summed E-state index contributed by atoms with van der Waals surface area (Å²) in [5.74, 6) is 0. The first kappa shape index (κ1) is 9.75. The van der Waals surface area contributed by atoms with Crippen molar-refractivity contribution in [2.45, 2.75) is 10.2 Å². The third kappa shape index (κ3) is 1.87. The topological polar surface area (TPSA) is 32.7 Å². The Labute approximate surface area is 79.7 Å². The zero-order valence-electron chi connectivity index (χ0n) is 5.68. The minimum atomic E-state index is -4.48. The van der Waals surface area contributed by atoms with Crippen LogP contribution in [0, 0.1) is 0 Å². The van der Waals surface area contributed by atoms with Gasteiger partial charge >= 0.3 is 6.30 Å². The molecule has 3 nitrogen and oxygen atoms in total. The molecule has 1 aliphatic heterocycles. The molecule has 7 heteroatoms. The molecule has 1 aliphatic rings. The largest absolute Gasteiger partial charge is 0.500 e. The number of hydrazone groups is 1. The van der Waals surface area contributed by atoms with Gasteiger partial charge in [0.25, 0.3) is 0 Å². The molecule has 68 valence electrons. The van der Waals surface area contributed by atoms with E-state index in [1.807, 2.05) is 0 Å². The van der Waals surface area contributed by atoms with Gasteiger partial charge in [0, 0.05) is 0 Å². The summed E-state index contributed by atoms with van der Waals surface area (Å²) in [6.45, 7) is -0.280. The highest BCUT2D eigenvalue weighted by molar-refractivity contribution is 14.1. The van der Waals surface area contributed by atoms with Gasteiger partial charge in [0.1, 0.15) is 5.71 Å². The highest BCUT2D eigenvalue weighted by Crippen LogP contribution is 2.27. The number of hydrogen-bond acceptors (Lipinski definition) is 3. The average molecular weight is 292 g/mol. The second-order valence-corrected chi connectivity index (χ2v) is 3.66. The lowest BCUT2D eigenvalue weighted by Gasteiger charge is -2.16. The van der Waals surface area contributed by atoms with Crippen LogP contribution in [0.4, 0.5) is 13.2 Å². The van der Waals surface area contributed by atoms with E-state index < -0.39 is 10.2 Å². The molecule has 0 aromatic rings. The Morgan fingerprint density at radius 3 is 2.50 bits per heavy atom. The quantitative estimate of drug-likeness (QED) is 0.315. The van der Waals surface area contributed by atoms with Crippen molar-refractivity contribution in [2.24, 2.45) is 5.10 Å². The Balaban J connectivity index is 2.77. The number of hydrogen-bond donors (Lipinski definition) is 0. The van der Waals surface area contributed by atoms with E-state index in [1.165, 1.54) is 0 Å². The molecule has 0 bridgehead atoms. The van der Waals surface area contributed by atoms with Crippen LogP contribution < -0.4 is 0 Å². The van der Waals surface area contributed by atoms with Gasteiger partial charge in [0.05, 0.1) is 10.5 Å². The van der Waals surface area contributed by atoms with Gasteiger partial charge in [-0.1, -0.05) is 22.6 Å². The average Bonchev–Trinajstić information content (AvgIpc) is 2.29. The smallest absolute Gasteiger partial charge is 0.296 e. The fraction of sp³-hybridized carbons (Fsp3) is 0.600. The van der Waals surface area contributed by atoms with Gasteiger partial charge in [0.2, 0.25) is 0 Å². The van der Waals surface area contributed by atoms with Crippen LogP contribution >= 0.6 is 22.6 Å². The molecule has 1 unspecified atom stereocenters. The SMILES string of the molecule is O=CC1=NN(C(F)(F)F)CC1I. The second-order valence-electron chi connectivity index (χ2n) is 2.16. The molecule has 0 spiro atoms. The molecule has 0 saturated heterocycles. The van der Waals surface area contributed by atoms with Gasteiger partial charge in [-0.2, -0.15) is 5.10 Å². The Morgan fingerprint density at radius 2 is 2.25 bits per heavy atom. The number of nitrogens with zero attached hydrogens (tertiary/aromatic N) is 2. The minimum absolute atomic E-state index is 0.0339. The summed E-state index contributed by atoms with van der Waals surface area (Å²) in [4.78, 5) is 10.2. The van der Waals surface area contributed by atoms with Gasteiger partial charge in [0.15, 0.2) is 6.29 Å². The standard InChI is InChI=1S/C5H4F3IN2O/c6-5(7,8)11-1-3(9)4(2-12)10-11/h2-3H,1H2. The van der Waals surface area contributed by atoms with E-state index >= 15 is 0 Å². The highest BCUT2D eigenvalue weighted by Gasteiger charge is 2.42. The summed E-state index contributed by atoms with van der Waals surface area (Å²) >= 11 is 1.75. The lowest BCUT2D eigenvalue weighted by Crippen LogP contribution is -2.33. The molecule has 1 atom stereocenters. The van der Waals surface area contributed by atoms with Crippen molar-refractivity contribution in [3.8, 4) is 0 Å². The Morgan fingerprint density at radius 1 is 1.67 bits per heavy atom. The number of aldehydes is 1. The molecule has 0 fully saturated rings. The summed E-state index contributed by atoms with van der Waals surface area (Å²) in [5, 5.41) is 3.07. The van der Waals surface area contributed by atoms with Crippen LogP contribution in [-0.2, 0) is 4.79 Å². The predicted molar refractivity (Wildman–Crippen MR) is 44.1 cm³/mol. The number of carbonyl (C=O) groups is 1. The molecule has 0 aromatic carbocycles. The Kier molecular flexibility index (Phi) is 2.59. The molecule has 0 aromatic heterocycles. The van der Waals surface area contributed by atoms with Crippen LogP contribution in [0.2, 0.25) is 0 Å². The molecule has 0 saturated carbocycles. The van der Waals surface area contributed by atoms with Gasteiger partial charge in [-0.05, 0) is 0 Å². The Hall–Kier alpha value is -0.340. The van der Waals surface area contributed by atoms with E-state index in [0.717, 1.165) is 0 Å². The fourth-order valence-electron chi connectivity index (χ4n) is 0.746. The van der Waals surface area contributed by atoms with Crippen molar-refractivity contribution in [1.29, 1.82) is 0 Å². The van der Waals surface area contributed by atoms with E-state index in [9.17, 15) is 18.0 Å². The first-order valence-corrected chi connectivity index (χ1v) is 4.22. The van der Waals surface area contributed by atoms with E-state index in [4.69, 9.17) is 0 Å². The lowest BCUT2D eigenvalue weighted by atomic mass is 10.3. The van der Waals surface area contributed by atoms with Crippen molar-refractivity contribution in [2.75, 3.05) is 6.54 Å². The van der Waals surface area contributed by atoms with Gasteiger partial charge in [-0.15, -0.1) is 13.2 Å².